The van der Waals surface area contributed by atoms with Crippen LogP contribution in [-0.4, -0.2) is 59.2 Å². The highest BCUT2D eigenvalue weighted by molar-refractivity contribution is 6.31. The summed E-state index contributed by atoms with van der Waals surface area (Å²) >= 11 is 6.49. The van der Waals surface area contributed by atoms with Gasteiger partial charge in [0.05, 0.1) is 11.6 Å². The lowest BCUT2D eigenvalue weighted by Gasteiger charge is -2.42. The van der Waals surface area contributed by atoms with Crippen LogP contribution in [0, 0.1) is 5.92 Å². The minimum Gasteiger partial charge on any atom is -0.343 e. The van der Waals surface area contributed by atoms with Crippen LogP contribution in [0.3, 0.4) is 0 Å². The first-order valence-corrected chi connectivity index (χ1v) is 13.7. The number of halogens is 4. The third kappa shape index (κ3) is 6.84. The molecular weight excluding hydrogens is 527 g/mol. The monoisotopic (exact) mass is 561 g/mol. The van der Waals surface area contributed by atoms with Crippen LogP contribution in [0.1, 0.15) is 62.8 Å². The van der Waals surface area contributed by atoms with Crippen molar-refractivity contribution < 1.29 is 22.8 Å². The quantitative estimate of drug-likeness (QED) is 0.417. The summed E-state index contributed by atoms with van der Waals surface area (Å²) in [7, 11) is 0. The van der Waals surface area contributed by atoms with Gasteiger partial charge in [0.25, 0.3) is 0 Å². The molecule has 1 atom stereocenters. The highest BCUT2D eigenvalue weighted by Gasteiger charge is 2.35. The lowest BCUT2D eigenvalue weighted by molar-refractivity contribution is -0.137. The van der Waals surface area contributed by atoms with E-state index in [9.17, 15) is 22.8 Å². The summed E-state index contributed by atoms with van der Waals surface area (Å²) < 4.78 is 40.0. The van der Waals surface area contributed by atoms with Gasteiger partial charge in [-0.05, 0) is 55.9 Å². The Balaban J connectivity index is 1.56. The fourth-order valence-electron chi connectivity index (χ4n) is 5.60. The Bertz CT molecular complexity index is 1220. The Morgan fingerprint density at radius 3 is 2.21 bits per heavy atom. The van der Waals surface area contributed by atoms with Gasteiger partial charge in [0, 0.05) is 56.8 Å². The van der Waals surface area contributed by atoms with E-state index in [1.54, 1.807) is 6.92 Å². The summed E-state index contributed by atoms with van der Waals surface area (Å²) in [6.45, 7) is 8.39. The second-order valence-electron chi connectivity index (χ2n) is 10.7. The molecule has 0 bridgehead atoms. The third-order valence-corrected chi connectivity index (χ3v) is 8.12. The van der Waals surface area contributed by atoms with E-state index in [0.29, 0.717) is 44.7 Å². The fourth-order valence-corrected chi connectivity index (χ4v) is 5.88. The summed E-state index contributed by atoms with van der Waals surface area (Å²) in [6.07, 6.45) is -2.40. The normalized spacial score (nSPS) is 18.3. The van der Waals surface area contributed by atoms with Gasteiger partial charge in [0.2, 0.25) is 11.8 Å². The predicted octanol–water partition coefficient (Wildman–Crippen LogP) is 6.53. The first kappa shape index (κ1) is 29.2. The first-order valence-electron chi connectivity index (χ1n) is 13.3. The van der Waals surface area contributed by atoms with Crippen molar-refractivity contribution in [1.82, 2.24) is 14.7 Å². The van der Waals surface area contributed by atoms with E-state index in [-0.39, 0.29) is 28.8 Å². The van der Waals surface area contributed by atoms with Crippen LogP contribution in [0.2, 0.25) is 5.02 Å². The number of likely N-dealkylation sites (tertiary alicyclic amines) is 1. The molecule has 2 aromatic rings. The van der Waals surface area contributed by atoms with Crippen LogP contribution < -0.4 is 0 Å². The van der Waals surface area contributed by atoms with Crippen molar-refractivity contribution in [2.24, 2.45) is 5.92 Å². The second-order valence-corrected chi connectivity index (χ2v) is 11.1. The molecule has 0 spiro atoms. The van der Waals surface area contributed by atoms with Gasteiger partial charge in [0.15, 0.2) is 0 Å². The summed E-state index contributed by atoms with van der Waals surface area (Å²) in [5.74, 6) is 0.396. The lowest BCUT2D eigenvalue weighted by Crippen LogP contribution is -2.49. The number of benzene rings is 2. The molecule has 2 amide bonds. The third-order valence-electron chi connectivity index (χ3n) is 7.79. The van der Waals surface area contributed by atoms with E-state index < -0.39 is 11.7 Å². The molecule has 2 aromatic carbocycles. The number of piperazine rings is 1. The van der Waals surface area contributed by atoms with Gasteiger partial charge in [-0.25, -0.2) is 0 Å². The topological polar surface area (TPSA) is 43.9 Å². The average Bonchev–Trinajstić information content (AvgIpc) is 2.90. The maximum absolute atomic E-state index is 13.5. The second kappa shape index (κ2) is 12.1. The number of rotatable bonds is 5. The van der Waals surface area contributed by atoms with Gasteiger partial charge >= 0.3 is 6.18 Å². The van der Waals surface area contributed by atoms with Crippen LogP contribution in [0.15, 0.2) is 59.8 Å². The molecule has 1 unspecified atom stereocenters. The van der Waals surface area contributed by atoms with E-state index >= 15 is 0 Å². The summed E-state index contributed by atoms with van der Waals surface area (Å²) in [5, 5.41) is 0.0628. The minimum atomic E-state index is -4.48. The molecule has 2 fully saturated rings. The van der Waals surface area contributed by atoms with Crippen molar-refractivity contribution in [2.45, 2.75) is 52.3 Å². The molecule has 2 aliphatic rings. The Labute approximate surface area is 233 Å². The van der Waals surface area contributed by atoms with E-state index in [2.05, 4.69) is 4.90 Å². The number of piperidine rings is 1. The number of allylic oxidation sites excluding steroid dienone is 1. The van der Waals surface area contributed by atoms with Crippen LogP contribution >= 0.6 is 11.6 Å². The van der Waals surface area contributed by atoms with Gasteiger partial charge < -0.3 is 9.80 Å². The number of carbonyl (C=O) groups is 2. The number of alkyl halides is 3. The van der Waals surface area contributed by atoms with E-state index in [0.717, 1.165) is 41.8 Å². The molecule has 39 heavy (non-hydrogen) atoms. The molecule has 0 aromatic heterocycles. The molecule has 4 rings (SSSR count). The predicted molar refractivity (Wildman–Crippen MR) is 146 cm³/mol. The minimum absolute atomic E-state index is 0.0628. The number of hydrogen-bond donors (Lipinski definition) is 0. The van der Waals surface area contributed by atoms with Crippen LogP contribution in [0.4, 0.5) is 13.2 Å². The van der Waals surface area contributed by atoms with Crippen molar-refractivity contribution in [1.29, 1.82) is 0 Å². The molecule has 0 radical (unpaired) electrons. The molecule has 210 valence electrons. The number of hydrogen-bond acceptors (Lipinski definition) is 3. The highest BCUT2D eigenvalue weighted by Crippen LogP contribution is 2.39. The SMILES string of the molecule is CC(=O)N1CCC(CC(=O)N2CCN(C(c3ccccc3)c3ccc(C(F)(F)F)cc3Cl)CC2=C(C)C)CC1. The number of amides is 2. The summed E-state index contributed by atoms with van der Waals surface area (Å²) in [6, 6.07) is 12.8. The molecular formula is C30H35ClF3N3O2. The van der Waals surface area contributed by atoms with Crippen LogP contribution in [0.25, 0.3) is 0 Å². The fraction of sp³-hybridized carbons (Fsp3) is 0.467. The van der Waals surface area contributed by atoms with Crippen molar-refractivity contribution in [3.8, 4) is 0 Å². The van der Waals surface area contributed by atoms with Gasteiger partial charge in [0.1, 0.15) is 0 Å². The van der Waals surface area contributed by atoms with Crippen LogP contribution in [0.5, 0.6) is 0 Å². The van der Waals surface area contributed by atoms with E-state index in [1.165, 1.54) is 6.07 Å². The molecule has 2 heterocycles. The lowest BCUT2D eigenvalue weighted by atomic mass is 9.92. The summed E-state index contributed by atoms with van der Waals surface area (Å²) in [5.41, 5.74) is 2.67. The van der Waals surface area contributed by atoms with Crippen molar-refractivity contribution in [3.63, 3.8) is 0 Å². The number of nitrogens with zero attached hydrogens (tertiary/aromatic N) is 3. The Kier molecular flexibility index (Phi) is 9.07. The van der Waals surface area contributed by atoms with Crippen LogP contribution in [-0.2, 0) is 15.8 Å². The van der Waals surface area contributed by atoms with Crippen molar-refractivity contribution >= 4 is 23.4 Å². The van der Waals surface area contributed by atoms with Crippen molar-refractivity contribution in [2.75, 3.05) is 32.7 Å². The maximum atomic E-state index is 13.5. The average molecular weight is 562 g/mol. The molecule has 5 nitrogen and oxygen atoms in total. The zero-order chi connectivity index (χ0) is 28.3. The van der Waals surface area contributed by atoms with Gasteiger partial charge in [-0.15, -0.1) is 0 Å². The smallest absolute Gasteiger partial charge is 0.343 e. The highest BCUT2D eigenvalue weighted by atomic mass is 35.5. The molecule has 2 aliphatic heterocycles. The van der Waals surface area contributed by atoms with Crippen molar-refractivity contribution in [3.05, 3.63) is 81.5 Å². The molecule has 9 heteroatoms. The van der Waals surface area contributed by atoms with E-state index in [1.807, 2.05) is 54.0 Å². The Morgan fingerprint density at radius 1 is 0.974 bits per heavy atom. The summed E-state index contributed by atoms with van der Waals surface area (Å²) in [4.78, 5) is 31.0. The van der Waals surface area contributed by atoms with Gasteiger partial charge in [-0.1, -0.05) is 53.6 Å². The largest absolute Gasteiger partial charge is 0.416 e. The Hall–Kier alpha value is -2.84. The maximum Gasteiger partial charge on any atom is 0.416 e. The molecule has 0 saturated carbocycles. The van der Waals surface area contributed by atoms with Gasteiger partial charge in [-0.3, -0.25) is 14.5 Å². The van der Waals surface area contributed by atoms with Gasteiger partial charge in [-0.2, -0.15) is 13.2 Å². The standard InChI is InChI=1S/C30H35ClF3N3O2/c1-20(2)27-19-36(15-16-37(27)28(39)17-22-11-13-35(14-12-22)21(3)38)29(23-7-5-4-6-8-23)25-10-9-24(18-26(25)31)30(32,33)34/h4-10,18,22,29H,11-17,19H2,1-3H3. The number of carbonyl (C=O) groups excluding carboxylic acids is 2. The molecule has 0 aliphatic carbocycles. The van der Waals surface area contributed by atoms with E-state index in [4.69, 9.17) is 11.6 Å². The zero-order valence-electron chi connectivity index (χ0n) is 22.6. The first-order chi connectivity index (χ1) is 18.5. The zero-order valence-corrected chi connectivity index (χ0v) is 23.4. The Morgan fingerprint density at radius 2 is 1.64 bits per heavy atom. The molecule has 2 saturated heterocycles. The molecule has 0 N–H and O–H groups in total.